The molecule has 0 spiro atoms. The van der Waals surface area contributed by atoms with Crippen molar-refractivity contribution in [2.45, 2.75) is 43.9 Å². The lowest BCUT2D eigenvalue weighted by molar-refractivity contribution is -0.136. The van der Waals surface area contributed by atoms with Crippen molar-refractivity contribution in [1.82, 2.24) is 10.2 Å². The molecule has 1 aromatic rings. The van der Waals surface area contributed by atoms with Gasteiger partial charge in [0, 0.05) is 24.8 Å². The van der Waals surface area contributed by atoms with Gasteiger partial charge in [-0.2, -0.15) is 0 Å². The van der Waals surface area contributed by atoms with E-state index in [1.807, 2.05) is 4.90 Å². The van der Waals surface area contributed by atoms with Crippen molar-refractivity contribution in [3.63, 3.8) is 0 Å². The van der Waals surface area contributed by atoms with E-state index in [0.717, 1.165) is 25.9 Å². The van der Waals surface area contributed by atoms with Crippen LogP contribution in [-0.2, 0) is 9.53 Å². The second kappa shape index (κ2) is 10.3. The van der Waals surface area contributed by atoms with E-state index in [0.29, 0.717) is 11.4 Å². The maximum absolute atomic E-state index is 12.4. The SMILES string of the molecule is COc1cccc(NC(=O)N[C@H]2C=C[C@@H](CC(=O)N3CCCCC3)O[C@@H]2CO)c1. The number of amides is 3. The summed E-state index contributed by atoms with van der Waals surface area (Å²) in [5.74, 6) is 0.705. The van der Waals surface area contributed by atoms with Gasteiger partial charge < -0.3 is 30.1 Å². The number of methoxy groups -OCH3 is 1. The van der Waals surface area contributed by atoms with Crippen molar-refractivity contribution in [3.8, 4) is 5.75 Å². The number of carbonyl (C=O) groups is 2. The Balaban J connectivity index is 1.53. The summed E-state index contributed by atoms with van der Waals surface area (Å²) in [6.45, 7) is 1.34. The Morgan fingerprint density at radius 3 is 2.76 bits per heavy atom. The van der Waals surface area contributed by atoms with Crippen molar-refractivity contribution in [3.05, 3.63) is 36.4 Å². The molecule has 2 aliphatic heterocycles. The predicted octanol–water partition coefficient (Wildman–Crippen LogP) is 1.90. The van der Waals surface area contributed by atoms with Gasteiger partial charge in [-0.15, -0.1) is 0 Å². The van der Waals surface area contributed by atoms with Crippen LogP contribution in [0.15, 0.2) is 36.4 Å². The van der Waals surface area contributed by atoms with Crippen molar-refractivity contribution in [2.75, 3.05) is 32.1 Å². The average Bonchev–Trinajstić information content (AvgIpc) is 2.75. The molecule has 0 aromatic heterocycles. The fourth-order valence-electron chi connectivity index (χ4n) is 3.60. The van der Waals surface area contributed by atoms with Crippen LogP contribution in [0.4, 0.5) is 10.5 Å². The minimum atomic E-state index is -0.616. The lowest BCUT2D eigenvalue weighted by atomic mass is 10.0. The van der Waals surface area contributed by atoms with Gasteiger partial charge in [-0.3, -0.25) is 4.79 Å². The van der Waals surface area contributed by atoms with Crippen LogP contribution < -0.4 is 15.4 Å². The number of piperidine rings is 1. The van der Waals surface area contributed by atoms with E-state index < -0.39 is 24.3 Å². The zero-order chi connectivity index (χ0) is 20.6. The number of hydrogen-bond acceptors (Lipinski definition) is 5. The summed E-state index contributed by atoms with van der Waals surface area (Å²) in [4.78, 5) is 26.6. The zero-order valence-corrected chi connectivity index (χ0v) is 16.7. The zero-order valence-electron chi connectivity index (χ0n) is 16.7. The van der Waals surface area contributed by atoms with Crippen molar-refractivity contribution >= 4 is 17.6 Å². The largest absolute Gasteiger partial charge is 0.497 e. The van der Waals surface area contributed by atoms with E-state index >= 15 is 0 Å². The number of nitrogens with zero attached hydrogens (tertiary/aromatic N) is 1. The van der Waals surface area contributed by atoms with E-state index in [9.17, 15) is 14.7 Å². The molecule has 3 atom stereocenters. The number of anilines is 1. The normalized spacial score (nSPS) is 24.1. The molecular weight excluding hydrogens is 374 g/mol. The van der Waals surface area contributed by atoms with Crippen LogP contribution in [0.3, 0.4) is 0 Å². The summed E-state index contributed by atoms with van der Waals surface area (Å²) in [5, 5.41) is 15.2. The quantitative estimate of drug-likeness (QED) is 0.630. The average molecular weight is 403 g/mol. The van der Waals surface area contributed by atoms with Crippen LogP contribution in [0.5, 0.6) is 5.75 Å². The number of aliphatic hydroxyl groups is 1. The molecule has 8 nitrogen and oxygen atoms in total. The van der Waals surface area contributed by atoms with E-state index in [1.54, 1.807) is 43.5 Å². The van der Waals surface area contributed by atoms with E-state index in [4.69, 9.17) is 9.47 Å². The van der Waals surface area contributed by atoms with Crippen LogP contribution in [0.2, 0.25) is 0 Å². The van der Waals surface area contributed by atoms with Gasteiger partial charge in [0.2, 0.25) is 5.91 Å². The molecule has 2 heterocycles. The Bertz CT molecular complexity index is 733. The smallest absolute Gasteiger partial charge is 0.319 e. The third-order valence-electron chi connectivity index (χ3n) is 5.17. The third kappa shape index (κ3) is 5.95. The first-order chi connectivity index (χ1) is 14.1. The molecule has 0 radical (unpaired) electrons. The highest BCUT2D eigenvalue weighted by Crippen LogP contribution is 2.19. The fourth-order valence-corrected chi connectivity index (χ4v) is 3.60. The van der Waals surface area contributed by atoms with Crippen LogP contribution in [-0.4, -0.2) is 67.0 Å². The molecular formula is C21H29N3O5. The second-order valence-electron chi connectivity index (χ2n) is 7.28. The first kappa shape index (κ1) is 21.1. The molecule has 3 N–H and O–H groups in total. The van der Waals surface area contributed by atoms with Crippen LogP contribution in [0, 0.1) is 0 Å². The molecule has 1 fully saturated rings. The summed E-state index contributed by atoms with van der Waals surface area (Å²) in [6, 6.07) is 6.11. The number of hydrogen-bond donors (Lipinski definition) is 3. The van der Waals surface area contributed by atoms with E-state index in [2.05, 4.69) is 10.6 Å². The van der Waals surface area contributed by atoms with Gasteiger partial charge in [0.1, 0.15) is 11.9 Å². The van der Waals surface area contributed by atoms with Crippen molar-refractivity contribution in [1.29, 1.82) is 0 Å². The molecule has 0 bridgehead atoms. The van der Waals surface area contributed by atoms with Gasteiger partial charge in [0.15, 0.2) is 0 Å². The van der Waals surface area contributed by atoms with Crippen molar-refractivity contribution < 1.29 is 24.2 Å². The molecule has 3 amide bonds. The number of rotatable bonds is 6. The molecule has 1 saturated heterocycles. The lowest BCUT2D eigenvalue weighted by Gasteiger charge is -2.33. The van der Waals surface area contributed by atoms with Gasteiger partial charge in [-0.05, 0) is 31.4 Å². The van der Waals surface area contributed by atoms with Crippen LogP contribution >= 0.6 is 0 Å². The Morgan fingerprint density at radius 1 is 1.24 bits per heavy atom. The number of likely N-dealkylation sites (tertiary alicyclic amines) is 1. The number of carbonyl (C=O) groups excluding carboxylic acids is 2. The number of nitrogens with one attached hydrogen (secondary N) is 2. The van der Waals surface area contributed by atoms with Gasteiger partial charge in [-0.25, -0.2) is 4.79 Å². The Kier molecular flexibility index (Phi) is 7.48. The Hall–Kier alpha value is -2.58. The number of urea groups is 1. The standard InChI is InChI=1S/C21H29N3O5/c1-28-16-7-5-6-15(12-16)22-21(27)23-18-9-8-17(29-19(18)14-25)13-20(26)24-10-3-2-4-11-24/h5-9,12,17-19,25H,2-4,10-11,13-14H2,1H3,(H2,22,23,27)/t17-,18-,19+/m0/s1. The molecule has 1 aromatic carbocycles. The monoisotopic (exact) mass is 403 g/mol. The Labute approximate surface area is 170 Å². The first-order valence-corrected chi connectivity index (χ1v) is 10.0. The first-order valence-electron chi connectivity index (χ1n) is 10.0. The minimum Gasteiger partial charge on any atom is -0.497 e. The highest BCUT2D eigenvalue weighted by atomic mass is 16.5. The molecule has 3 rings (SSSR count). The topological polar surface area (TPSA) is 100 Å². The summed E-state index contributed by atoms with van der Waals surface area (Å²) >= 11 is 0. The molecule has 8 heteroatoms. The number of aliphatic hydroxyl groups excluding tert-OH is 1. The molecule has 0 saturated carbocycles. The summed E-state index contributed by atoms with van der Waals surface area (Å²) < 4.78 is 11.0. The van der Waals surface area contributed by atoms with Gasteiger partial charge >= 0.3 is 6.03 Å². The second-order valence-corrected chi connectivity index (χ2v) is 7.28. The van der Waals surface area contributed by atoms with Gasteiger partial charge in [0.25, 0.3) is 0 Å². The Morgan fingerprint density at radius 2 is 2.03 bits per heavy atom. The summed E-state index contributed by atoms with van der Waals surface area (Å²) in [7, 11) is 1.56. The fraction of sp³-hybridized carbons (Fsp3) is 0.524. The molecule has 29 heavy (non-hydrogen) atoms. The third-order valence-corrected chi connectivity index (χ3v) is 5.17. The molecule has 2 aliphatic rings. The van der Waals surface area contributed by atoms with Crippen molar-refractivity contribution in [2.24, 2.45) is 0 Å². The highest BCUT2D eigenvalue weighted by Gasteiger charge is 2.30. The lowest BCUT2D eigenvalue weighted by Crippen LogP contribution is -2.50. The number of ether oxygens (including phenoxy) is 2. The molecule has 158 valence electrons. The van der Waals surface area contributed by atoms with Crippen LogP contribution in [0.1, 0.15) is 25.7 Å². The minimum absolute atomic E-state index is 0.0678. The van der Waals surface area contributed by atoms with E-state index in [-0.39, 0.29) is 18.9 Å². The molecule has 0 unspecified atom stereocenters. The predicted molar refractivity (Wildman–Crippen MR) is 109 cm³/mol. The summed E-state index contributed by atoms with van der Waals surface area (Å²) in [6.07, 6.45) is 6.04. The maximum atomic E-state index is 12.4. The number of benzene rings is 1. The highest BCUT2D eigenvalue weighted by molar-refractivity contribution is 5.89. The maximum Gasteiger partial charge on any atom is 0.319 e. The van der Waals surface area contributed by atoms with Gasteiger partial charge in [-0.1, -0.05) is 18.2 Å². The van der Waals surface area contributed by atoms with Gasteiger partial charge in [0.05, 0.1) is 32.3 Å². The summed E-state index contributed by atoms with van der Waals surface area (Å²) in [5.41, 5.74) is 0.591. The molecule has 0 aliphatic carbocycles. The van der Waals surface area contributed by atoms with Crippen LogP contribution in [0.25, 0.3) is 0 Å². The van der Waals surface area contributed by atoms with E-state index in [1.165, 1.54) is 6.42 Å².